The lowest BCUT2D eigenvalue weighted by molar-refractivity contribution is 0.234. The van der Waals surface area contributed by atoms with Crippen molar-refractivity contribution in [1.82, 2.24) is 19.3 Å². The summed E-state index contributed by atoms with van der Waals surface area (Å²) in [5.41, 5.74) is 2.95. The van der Waals surface area contributed by atoms with Gasteiger partial charge in [-0.05, 0) is 44.5 Å². The Bertz CT molecular complexity index is 1280. The van der Waals surface area contributed by atoms with Gasteiger partial charge in [-0.2, -0.15) is 0 Å². The number of hydrogen-bond acceptors (Lipinski definition) is 6. The van der Waals surface area contributed by atoms with Gasteiger partial charge in [0.2, 0.25) is 0 Å². The van der Waals surface area contributed by atoms with Crippen LogP contribution in [0.15, 0.2) is 52.1 Å². The zero-order valence-electron chi connectivity index (χ0n) is 16.8. The Morgan fingerprint density at radius 1 is 1.17 bits per heavy atom. The fourth-order valence-electron chi connectivity index (χ4n) is 3.90. The number of fused-ring (bicyclic) bond motifs is 2. The molecule has 0 bridgehead atoms. The SMILES string of the molecule is Cc1cn2cc(-c3cc4ccc(N5CCN(C)[C@@H](C)C5)cc4c(=O)o3)nc2cn1. The molecule has 148 valence electrons. The highest BCUT2D eigenvalue weighted by atomic mass is 16.4. The molecular formula is C22H23N5O2. The molecular weight excluding hydrogens is 366 g/mol. The number of aromatic nitrogens is 3. The number of anilines is 1. The highest BCUT2D eigenvalue weighted by Crippen LogP contribution is 2.26. The van der Waals surface area contributed by atoms with Crippen LogP contribution in [-0.4, -0.2) is 52.0 Å². The first-order valence-electron chi connectivity index (χ1n) is 9.83. The molecule has 1 saturated heterocycles. The normalized spacial score (nSPS) is 18.0. The summed E-state index contributed by atoms with van der Waals surface area (Å²) in [6.45, 7) is 7.05. The van der Waals surface area contributed by atoms with Crippen molar-refractivity contribution in [3.63, 3.8) is 0 Å². The summed E-state index contributed by atoms with van der Waals surface area (Å²) in [5.74, 6) is 0.463. The first-order chi connectivity index (χ1) is 14.0. The fourth-order valence-corrected chi connectivity index (χ4v) is 3.90. The molecule has 0 aliphatic carbocycles. The zero-order chi connectivity index (χ0) is 20.1. The van der Waals surface area contributed by atoms with Crippen molar-refractivity contribution in [2.24, 2.45) is 0 Å². The quantitative estimate of drug-likeness (QED) is 0.525. The van der Waals surface area contributed by atoms with Crippen LogP contribution in [0.25, 0.3) is 27.9 Å². The van der Waals surface area contributed by atoms with Gasteiger partial charge in [-0.1, -0.05) is 6.07 Å². The number of benzene rings is 1. The van der Waals surface area contributed by atoms with Crippen molar-refractivity contribution >= 4 is 22.1 Å². The first kappa shape index (κ1) is 17.9. The Morgan fingerprint density at radius 2 is 2.03 bits per heavy atom. The fraction of sp³-hybridized carbons (Fsp3) is 0.318. The van der Waals surface area contributed by atoms with Gasteiger partial charge >= 0.3 is 5.63 Å². The minimum Gasteiger partial charge on any atom is -0.421 e. The van der Waals surface area contributed by atoms with Crippen LogP contribution in [0.5, 0.6) is 0 Å². The number of imidazole rings is 1. The summed E-state index contributed by atoms with van der Waals surface area (Å²) >= 11 is 0. The van der Waals surface area contributed by atoms with Gasteiger partial charge in [0.15, 0.2) is 11.4 Å². The molecule has 1 fully saturated rings. The molecule has 7 heteroatoms. The Balaban J connectivity index is 1.54. The topological polar surface area (TPSA) is 66.9 Å². The maximum Gasteiger partial charge on any atom is 0.344 e. The molecule has 5 rings (SSSR count). The number of hydrogen-bond donors (Lipinski definition) is 0. The highest BCUT2D eigenvalue weighted by molar-refractivity contribution is 5.87. The molecule has 0 unspecified atom stereocenters. The molecule has 0 saturated carbocycles. The Labute approximate surface area is 168 Å². The highest BCUT2D eigenvalue weighted by Gasteiger charge is 2.21. The molecule has 1 aliphatic rings. The van der Waals surface area contributed by atoms with Crippen molar-refractivity contribution in [1.29, 1.82) is 0 Å². The van der Waals surface area contributed by atoms with Gasteiger partial charge in [0, 0.05) is 43.8 Å². The van der Waals surface area contributed by atoms with Gasteiger partial charge in [-0.15, -0.1) is 0 Å². The minimum absolute atomic E-state index is 0.340. The molecule has 1 atom stereocenters. The van der Waals surface area contributed by atoms with E-state index in [0.29, 0.717) is 28.5 Å². The van der Waals surface area contributed by atoms with E-state index in [4.69, 9.17) is 4.42 Å². The summed E-state index contributed by atoms with van der Waals surface area (Å²) in [5, 5.41) is 1.45. The molecule has 0 N–H and O–H groups in total. The first-order valence-corrected chi connectivity index (χ1v) is 9.83. The third-order valence-corrected chi connectivity index (χ3v) is 5.79. The van der Waals surface area contributed by atoms with Gasteiger partial charge in [-0.3, -0.25) is 4.98 Å². The van der Waals surface area contributed by atoms with Crippen molar-refractivity contribution in [3.05, 3.63) is 59.0 Å². The van der Waals surface area contributed by atoms with E-state index in [-0.39, 0.29) is 5.63 Å². The number of likely N-dealkylation sites (N-methyl/N-ethyl adjacent to an activating group) is 1. The van der Waals surface area contributed by atoms with Crippen LogP contribution in [0.3, 0.4) is 0 Å². The van der Waals surface area contributed by atoms with Crippen LogP contribution >= 0.6 is 0 Å². The number of rotatable bonds is 2. The maximum absolute atomic E-state index is 12.8. The van der Waals surface area contributed by atoms with Gasteiger partial charge < -0.3 is 18.6 Å². The summed E-state index contributed by atoms with van der Waals surface area (Å²) in [6.07, 6.45) is 5.46. The van der Waals surface area contributed by atoms with Crippen LogP contribution in [0, 0.1) is 6.92 Å². The van der Waals surface area contributed by atoms with Gasteiger partial charge in [-0.25, -0.2) is 9.78 Å². The molecule has 7 nitrogen and oxygen atoms in total. The average molecular weight is 389 g/mol. The third kappa shape index (κ3) is 3.17. The van der Waals surface area contributed by atoms with Crippen LogP contribution in [0.1, 0.15) is 12.6 Å². The van der Waals surface area contributed by atoms with Crippen molar-refractivity contribution < 1.29 is 4.42 Å². The summed E-state index contributed by atoms with van der Waals surface area (Å²) in [6, 6.07) is 8.39. The smallest absolute Gasteiger partial charge is 0.344 e. The zero-order valence-corrected chi connectivity index (χ0v) is 16.8. The molecule has 1 aromatic carbocycles. The monoisotopic (exact) mass is 389 g/mol. The largest absolute Gasteiger partial charge is 0.421 e. The average Bonchev–Trinajstić information content (AvgIpc) is 3.13. The van der Waals surface area contributed by atoms with Gasteiger partial charge in [0.1, 0.15) is 5.69 Å². The molecule has 0 spiro atoms. The Hall–Kier alpha value is -3.19. The van der Waals surface area contributed by atoms with E-state index < -0.39 is 0 Å². The van der Waals surface area contributed by atoms with Crippen molar-refractivity contribution in [2.75, 3.05) is 31.6 Å². The van der Waals surface area contributed by atoms with Crippen LogP contribution in [0.4, 0.5) is 5.69 Å². The van der Waals surface area contributed by atoms with Crippen LogP contribution in [-0.2, 0) is 0 Å². The lowest BCUT2D eigenvalue weighted by Crippen LogP contribution is -2.50. The summed E-state index contributed by atoms with van der Waals surface area (Å²) in [7, 11) is 2.15. The van der Waals surface area contributed by atoms with Crippen molar-refractivity contribution in [3.8, 4) is 11.5 Å². The predicted octanol–water partition coefficient (Wildman–Crippen LogP) is 2.95. The van der Waals surface area contributed by atoms with E-state index >= 15 is 0 Å². The number of piperazine rings is 1. The van der Waals surface area contributed by atoms with E-state index in [2.05, 4.69) is 39.8 Å². The minimum atomic E-state index is -0.340. The van der Waals surface area contributed by atoms with E-state index in [1.807, 2.05) is 41.9 Å². The Kier molecular flexibility index (Phi) is 4.13. The molecule has 4 aromatic rings. The molecule has 1 aliphatic heterocycles. The molecule has 29 heavy (non-hydrogen) atoms. The van der Waals surface area contributed by atoms with Crippen LogP contribution in [0.2, 0.25) is 0 Å². The molecule has 4 heterocycles. The second kappa shape index (κ2) is 6.70. The van der Waals surface area contributed by atoms with E-state index in [0.717, 1.165) is 36.4 Å². The van der Waals surface area contributed by atoms with Gasteiger partial charge in [0.05, 0.1) is 17.3 Å². The number of nitrogens with zero attached hydrogens (tertiary/aromatic N) is 5. The Morgan fingerprint density at radius 3 is 2.86 bits per heavy atom. The van der Waals surface area contributed by atoms with E-state index in [1.54, 1.807) is 6.20 Å². The maximum atomic E-state index is 12.8. The van der Waals surface area contributed by atoms with Gasteiger partial charge in [0.25, 0.3) is 0 Å². The standard InChI is InChI=1S/C22H23N5O2/c1-14-11-27-13-19(24-21(27)10-23-14)20-8-16-4-5-17(9-18(16)22(28)29-20)26-7-6-25(3)15(2)12-26/h4-5,8-11,13,15H,6-7,12H2,1-3H3/t15-/m0/s1. The predicted molar refractivity (Wildman–Crippen MR) is 114 cm³/mol. The van der Waals surface area contributed by atoms with E-state index in [1.165, 1.54) is 0 Å². The second-order valence-electron chi connectivity index (χ2n) is 7.87. The molecule has 3 aromatic heterocycles. The van der Waals surface area contributed by atoms with Crippen molar-refractivity contribution in [2.45, 2.75) is 19.9 Å². The molecule has 0 radical (unpaired) electrons. The van der Waals surface area contributed by atoms with Crippen LogP contribution < -0.4 is 10.5 Å². The summed E-state index contributed by atoms with van der Waals surface area (Å²) in [4.78, 5) is 26.2. The lowest BCUT2D eigenvalue weighted by atomic mass is 10.1. The van der Waals surface area contributed by atoms with E-state index in [9.17, 15) is 4.79 Å². The number of aryl methyl sites for hydroxylation is 1. The molecule has 0 amide bonds. The summed E-state index contributed by atoms with van der Waals surface area (Å²) < 4.78 is 7.53. The second-order valence-corrected chi connectivity index (χ2v) is 7.87. The lowest BCUT2D eigenvalue weighted by Gasteiger charge is -2.39. The third-order valence-electron chi connectivity index (χ3n) is 5.79.